The minimum Gasteiger partial charge on any atom is -0.398 e. The average molecular weight is 321 g/mol. The van der Waals surface area contributed by atoms with Gasteiger partial charge in [0.05, 0.1) is 11.1 Å². The highest BCUT2D eigenvalue weighted by Crippen LogP contribution is 2.32. The molecule has 1 amide bonds. The third kappa shape index (κ3) is 2.54. The normalized spacial score (nSPS) is 10.9. The van der Waals surface area contributed by atoms with Gasteiger partial charge in [0, 0.05) is 23.3 Å². The van der Waals surface area contributed by atoms with Gasteiger partial charge in [-0.3, -0.25) is 9.59 Å². The molecule has 5 nitrogen and oxygen atoms in total. The van der Waals surface area contributed by atoms with Gasteiger partial charge in [-0.2, -0.15) is 0 Å². The summed E-state index contributed by atoms with van der Waals surface area (Å²) in [5.41, 5.74) is 14.9. The summed E-state index contributed by atoms with van der Waals surface area (Å²) in [5, 5.41) is 0.606. The number of carbonyl (C=O) groups is 2. The number of carbonyl (C=O) groups excluding carboxylic acids is 2. The van der Waals surface area contributed by atoms with Gasteiger partial charge in [-0.25, -0.2) is 0 Å². The molecule has 1 aromatic heterocycles. The van der Waals surface area contributed by atoms with Crippen molar-refractivity contribution in [3.8, 4) is 0 Å². The number of nitrogens with two attached hydrogens (primary N) is 2. The predicted molar refractivity (Wildman–Crippen MR) is 94.8 cm³/mol. The van der Waals surface area contributed by atoms with Crippen LogP contribution in [0.25, 0.3) is 10.9 Å². The number of aromatic nitrogens is 1. The van der Waals surface area contributed by atoms with E-state index in [1.54, 1.807) is 6.07 Å². The van der Waals surface area contributed by atoms with Crippen LogP contribution in [0.2, 0.25) is 0 Å². The topological polar surface area (TPSA) is 91.1 Å². The first-order valence-corrected chi connectivity index (χ1v) is 7.82. The first-order valence-electron chi connectivity index (χ1n) is 7.82. The molecule has 0 unspecified atom stereocenters. The summed E-state index contributed by atoms with van der Waals surface area (Å²) in [6.07, 6.45) is 0.593. The molecule has 0 saturated carbocycles. The highest BCUT2D eigenvalue weighted by Gasteiger charge is 2.26. The van der Waals surface area contributed by atoms with Crippen LogP contribution in [0.4, 0.5) is 5.69 Å². The molecular weight excluding hydrogens is 302 g/mol. The third-order valence-corrected chi connectivity index (χ3v) is 4.20. The number of hydrogen-bond donors (Lipinski definition) is 2. The number of rotatable bonds is 5. The van der Waals surface area contributed by atoms with Crippen molar-refractivity contribution < 1.29 is 9.59 Å². The number of hydrogen-bond acceptors (Lipinski definition) is 3. The Morgan fingerprint density at radius 3 is 2.38 bits per heavy atom. The fourth-order valence-electron chi connectivity index (χ4n) is 3.16. The SMILES string of the molecule is CCc1c(C(=O)C(N)=O)c2c(N)cccc2n1Cc1ccccc1. The van der Waals surface area contributed by atoms with Crippen molar-refractivity contribution in [3.05, 3.63) is 65.4 Å². The van der Waals surface area contributed by atoms with Gasteiger partial charge in [0.15, 0.2) is 0 Å². The van der Waals surface area contributed by atoms with Gasteiger partial charge in [-0.15, -0.1) is 0 Å². The smallest absolute Gasteiger partial charge is 0.289 e. The molecule has 1 heterocycles. The van der Waals surface area contributed by atoms with E-state index < -0.39 is 11.7 Å². The third-order valence-electron chi connectivity index (χ3n) is 4.20. The Morgan fingerprint density at radius 1 is 1.04 bits per heavy atom. The summed E-state index contributed by atoms with van der Waals surface area (Å²) in [5.74, 6) is -1.66. The molecule has 0 radical (unpaired) electrons. The molecule has 0 saturated heterocycles. The fourth-order valence-corrected chi connectivity index (χ4v) is 3.16. The maximum absolute atomic E-state index is 12.4. The van der Waals surface area contributed by atoms with Crippen LogP contribution < -0.4 is 11.5 Å². The Morgan fingerprint density at radius 2 is 1.75 bits per heavy atom. The van der Waals surface area contributed by atoms with Crippen LogP contribution in [0.15, 0.2) is 48.5 Å². The van der Waals surface area contributed by atoms with Crippen LogP contribution in [0, 0.1) is 0 Å². The summed E-state index contributed by atoms with van der Waals surface area (Å²) < 4.78 is 2.04. The summed E-state index contributed by atoms with van der Waals surface area (Å²) in [7, 11) is 0. The van der Waals surface area contributed by atoms with Crippen LogP contribution in [-0.4, -0.2) is 16.3 Å². The zero-order valence-corrected chi connectivity index (χ0v) is 13.5. The molecule has 0 aliphatic carbocycles. The van der Waals surface area contributed by atoms with E-state index in [1.807, 2.05) is 54.0 Å². The number of ketones is 1. The van der Waals surface area contributed by atoms with Gasteiger partial charge in [-0.1, -0.05) is 43.3 Å². The van der Waals surface area contributed by atoms with Crippen molar-refractivity contribution in [2.24, 2.45) is 5.73 Å². The first kappa shape index (κ1) is 15.8. The van der Waals surface area contributed by atoms with E-state index in [0.717, 1.165) is 16.8 Å². The van der Waals surface area contributed by atoms with E-state index in [9.17, 15) is 9.59 Å². The van der Waals surface area contributed by atoms with Gasteiger partial charge in [0.1, 0.15) is 0 Å². The minimum absolute atomic E-state index is 0.328. The molecule has 0 atom stereocenters. The molecule has 0 fully saturated rings. The molecule has 3 rings (SSSR count). The summed E-state index contributed by atoms with van der Waals surface area (Å²) in [6.45, 7) is 2.54. The Labute approximate surface area is 139 Å². The molecule has 3 aromatic rings. The van der Waals surface area contributed by atoms with Crippen LogP contribution in [0.3, 0.4) is 0 Å². The van der Waals surface area contributed by atoms with E-state index in [0.29, 0.717) is 29.6 Å². The highest BCUT2D eigenvalue weighted by atomic mass is 16.2. The van der Waals surface area contributed by atoms with Crippen molar-refractivity contribution in [2.45, 2.75) is 19.9 Å². The fraction of sp³-hybridized carbons (Fsp3) is 0.158. The predicted octanol–water partition coefficient (Wildman–Crippen LogP) is 2.50. The molecule has 0 spiro atoms. The molecule has 0 aliphatic heterocycles. The molecule has 4 N–H and O–H groups in total. The molecule has 0 bridgehead atoms. The second-order valence-electron chi connectivity index (χ2n) is 5.68. The van der Waals surface area contributed by atoms with Gasteiger partial charge < -0.3 is 16.0 Å². The Balaban J connectivity index is 2.31. The Hall–Kier alpha value is -3.08. The Kier molecular flexibility index (Phi) is 4.08. The lowest BCUT2D eigenvalue weighted by molar-refractivity contribution is -0.114. The standard InChI is InChI=1S/C19H19N3O2/c1-2-14-17(18(23)19(21)24)16-13(20)9-6-10-15(16)22(14)11-12-7-4-3-5-8-12/h3-10H,2,11,20H2,1H3,(H2,21,24). The van der Waals surface area contributed by atoms with Crippen molar-refractivity contribution >= 4 is 28.3 Å². The van der Waals surface area contributed by atoms with Gasteiger partial charge in [0.2, 0.25) is 0 Å². The number of nitrogen functional groups attached to an aromatic ring is 1. The van der Waals surface area contributed by atoms with Gasteiger partial charge in [-0.05, 0) is 24.1 Å². The molecule has 5 heteroatoms. The zero-order valence-electron chi connectivity index (χ0n) is 13.5. The number of nitrogens with zero attached hydrogens (tertiary/aromatic N) is 1. The van der Waals surface area contributed by atoms with Crippen LogP contribution >= 0.6 is 0 Å². The van der Waals surface area contributed by atoms with E-state index in [4.69, 9.17) is 11.5 Å². The Bertz CT molecular complexity index is 927. The first-order chi connectivity index (χ1) is 11.5. The number of Topliss-reactive ketones (excluding diaryl/α,β-unsaturated/α-hetero) is 1. The molecule has 122 valence electrons. The van der Waals surface area contributed by atoms with Crippen molar-refractivity contribution in [3.63, 3.8) is 0 Å². The largest absolute Gasteiger partial charge is 0.398 e. The lowest BCUT2D eigenvalue weighted by atomic mass is 10.0. The summed E-state index contributed by atoms with van der Waals surface area (Å²) in [6, 6.07) is 15.4. The van der Waals surface area contributed by atoms with Gasteiger partial charge >= 0.3 is 0 Å². The van der Waals surface area contributed by atoms with Crippen LogP contribution in [0.5, 0.6) is 0 Å². The maximum Gasteiger partial charge on any atom is 0.289 e. The highest BCUT2D eigenvalue weighted by molar-refractivity contribution is 6.45. The van der Waals surface area contributed by atoms with E-state index in [2.05, 4.69) is 0 Å². The monoisotopic (exact) mass is 321 g/mol. The summed E-state index contributed by atoms with van der Waals surface area (Å²) in [4.78, 5) is 23.9. The molecule has 0 aliphatic rings. The van der Waals surface area contributed by atoms with Crippen molar-refractivity contribution in [1.29, 1.82) is 0 Å². The number of anilines is 1. The molecular formula is C19H19N3O2. The number of benzene rings is 2. The van der Waals surface area contributed by atoms with E-state index in [-0.39, 0.29) is 0 Å². The van der Waals surface area contributed by atoms with Crippen molar-refractivity contribution in [1.82, 2.24) is 4.57 Å². The van der Waals surface area contributed by atoms with E-state index in [1.165, 1.54) is 0 Å². The van der Waals surface area contributed by atoms with Crippen molar-refractivity contribution in [2.75, 3.05) is 5.73 Å². The van der Waals surface area contributed by atoms with Crippen LogP contribution in [-0.2, 0) is 17.8 Å². The average Bonchev–Trinajstić information content (AvgIpc) is 2.90. The quantitative estimate of drug-likeness (QED) is 0.430. The van der Waals surface area contributed by atoms with Gasteiger partial charge in [0.25, 0.3) is 11.7 Å². The molecule has 2 aromatic carbocycles. The maximum atomic E-state index is 12.4. The lowest BCUT2D eigenvalue weighted by Crippen LogP contribution is -2.24. The second-order valence-corrected chi connectivity index (χ2v) is 5.68. The minimum atomic E-state index is -0.966. The number of amides is 1. The molecule has 24 heavy (non-hydrogen) atoms. The second kappa shape index (κ2) is 6.20. The summed E-state index contributed by atoms with van der Waals surface area (Å²) >= 11 is 0. The zero-order chi connectivity index (χ0) is 17.3. The number of primary amides is 1. The lowest BCUT2D eigenvalue weighted by Gasteiger charge is -2.10. The van der Waals surface area contributed by atoms with E-state index >= 15 is 0 Å². The number of fused-ring (bicyclic) bond motifs is 1. The van der Waals surface area contributed by atoms with Crippen LogP contribution in [0.1, 0.15) is 28.5 Å².